The van der Waals surface area contributed by atoms with Crippen molar-refractivity contribution in [3.8, 4) is 0 Å². The van der Waals surface area contributed by atoms with Gasteiger partial charge in [0.05, 0.1) is 11.0 Å². The number of para-hydroxylation sites is 1. The first-order valence-corrected chi connectivity index (χ1v) is 8.85. The molecule has 4 rings (SSSR count). The van der Waals surface area contributed by atoms with Crippen molar-refractivity contribution in [3.63, 3.8) is 0 Å². The van der Waals surface area contributed by atoms with Crippen LogP contribution in [-0.4, -0.2) is 46.4 Å². The molecule has 0 radical (unpaired) electrons. The smallest absolute Gasteiger partial charge is 0.0931 e. The van der Waals surface area contributed by atoms with Crippen LogP contribution in [0.25, 0.3) is 11.0 Å². The highest BCUT2D eigenvalue weighted by molar-refractivity contribution is 5.77. The first-order chi connectivity index (χ1) is 12.2. The monoisotopic (exact) mass is 332 g/mol. The van der Waals surface area contributed by atoms with Crippen molar-refractivity contribution in [2.45, 2.75) is 25.6 Å². The highest BCUT2D eigenvalue weighted by Crippen LogP contribution is 2.23. The lowest BCUT2D eigenvalue weighted by molar-refractivity contribution is 0.159. The van der Waals surface area contributed by atoms with E-state index in [2.05, 4.69) is 70.3 Å². The van der Waals surface area contributed by atoms with Crippen LogP contribution >= 0.6 is 0 Å². The number of hydrogen-bond acceptors (Lipinski definition) is 4. The van der Waals surface area contributed by atoms with Crippen molar-refractivity contribution in [1.82, 2.24) is 19.8 Å². The average Bonchev–Trinajstić information content (AvgIpc) is 2.63. The molecule has 0 fully saturated rings. The number of benzene rings is 2. The molecule has 25 heavy (non-hydrogen) atoms. The van der Waals surface area contributed by atoms with E-state index >= 15 is 0 Å². The summed E-state index contributed by atoms with van der Waals surface area (Å²) in [5.74, 6) is 0. The van der Waals surface area contributed by atoms with E-state index in [4.69, 9.17) is 0 Å². The third kappa shape index (κ3) is 3.41. The summed E-state index contributed by atoms with van der Waals surface area (Å²) in [5.41, 5.74) is 6.19. The molecule has 0 spiro atoms. The van der Waals surface area contributed by atoms with E-state index in [1.807, 2.05) is 6.07 Å². The summed E-state index contributed by atoms with van der Waals surface area (Å²) in [4.78, 5) is 13.8. The summed E-state index contributed by atoms with van der Waals surface area (Å²) in [6.45, 7) is 2.97. The Balaban J connectivity index is 1.48. The first-order valence-electron chi connectivity index (χ1n) is 8.85. The van der Waals surface area contributed by atoms with E-state index in [-0.39, 0.29) is 0 Å². The summed E-state index contributed by atoms with van der Waals surface area (Å²) in [6.07, 6.45) is 4.65. The second-order valence-electron chi connectivity index (χ2n) is 7.08. The predicted octanol–water partition coefficient (Wildman–Crippen LogP) is 3.12. The molecule has 0 saturated heterocycles. The molecule has 2 heterocycles. The van der Waals surface area contributed by atoms with Gasteiger partial charge in [0.1, 0.15) is 0 Å². The lowest BCUT2D eigenvalue weighted by Gasteiger charge is -2.36. The zero-order valence-corrected chi connectivity index (χ0v) is 14.9. The van der Waals surface area contributed by atoms with Gasteiger partial charge in [-0.15, -0.1) is 0 Å². The van der Waals surface area contributed by atoms with Crippen LogP contribution in [0.15, 0.2) is 54.9 Å². The van der Waals surface area contributed by atoms with Gasteiger partial charge in [-0.2, -0.15) is 0 Å². The topological polar surface area (TPSA) is 32.3 Å². The highest BCUT2D eigenvalue weighted by atomic mass is 15.2. The normalized spacial score (nSPS) is 17.8. The molecule has 1 aliphatic heterocycles. The number of rotatable bonds is 4. The number of nitrogens with zero attached hydrogens (tertiary/aromatic N) is 4. The number of hydrogen-bond donors (Lipinski definition) is 0. The van der Waals surface area contributed by atoms with E-state index in [9.17, 15) is 0 Å². The van der Waals surface area contributed by atoms with Crippen LogP contribution in [0.2, 0.25) is 0 Å². The second-order valence-corrected chi connectivity index (χ2v) is 7.08. The molecule has 1 atom stereocenters. The molecule has 3 aromatic rings. The van der Waals surface area contributed by atoms with Crippen molar-refractivity contribution >= 4 is 11.0 Å². The molecular weight excluding hydrogens is 308 g/mol. The molecule has 1 unspecified atom stereocenters. The Morgan fingerprint density at radius 3 is 2.72 bits per heavy atom. The standard InChI is InChI=1S/C21H24N4/c1-24(13-18-8-5-9-20-21(18)23-11-10-22-20)15-19-12-16-6-3-4-7-17(16)14-25(19)2/h3-11,19H,12-15H2,1-2H3. The largest absolute Gasteiger partial charge is 0.300 e. The predicted molar refractivity (Wildman–Crippen MR) is 101 cm³/mol. The fraction of sp³-hybridized carbons (Fsp3) is 0.333. The fourth-order valence-electron chi connectivity index (χ4n) is 3.82. The van der Waals surface area contributed by atoms with Crippen LogP contribution in [0.4, 0.5) is 0 Å². The van der Waals surface area contributed by atoms with Crippen LogP contribution in [-0.2, 0) is 19.5 Å². The Bertz CT molecular complexity index is 871. The number of fused-ring (bicyclic) bond motifs is 2. The van der Waals surface area contributed by atoms with E-state index in [1.165, 1.54) is 16.7 Å². The Morgan fingerprint density at radius 2 is 1.84 bits per heavy atom. The Hall–Kier alpha value is -2.30. The van der Waals surface area contributed by atoms with Gasteiger partial charge in [0.2, 0.25) is 0 Å². The third-order valence-electron chi connectivity index (χ3n) is 5.16. The fourth-order valence-corrected chi connectivity index (χ4v) is 3.82. The van der Waals surface area contributed by atoms with Crippen LogP contribution in [0.3, 0.4) is 0 Å². The van der Waals surface area contributed by atoms with Crippen LogP contribution in [0.1, 0.15) is 16.7 Å². The Labute approximate surface area is 149 Å². The van der Waals surface area contributed by atoms with Crippen LogP contribution in [0.5, 0.6) is 0 Å². The Kier molecular flexibility index (Phi) is 4.47. The minimum atomic E-state index is 0.543. The van der Waals surface area contributed by atoms with Gasteiger partial charge in [-0.25, -0.2) is 0 Å². The lowest BCUT2D eigenvalue weighted by Crippen LogP contribution is -2.44. The summed E-state index contributed by atoms with van der Waals surface area (Å²) in [5, 5.41) is 0. The summed E-state index contributed by atoms with van der Waals surface area (Å²) in [7, 11) is 4.43. The average molecular weight is 332 g/mol. The van der Waals surface area contributed by atoms with Gasteiger partial charge in [-0.1, -0.05) is 36.4 Å². The molecule has 128 valence electrons. The summed E-state index contributed by atoms with van der Waals surface area (Å²) >= 11 is 0. The number of likely N-dealkylation sites (N-methyl/N-ethyl adjacent to an activating group) is 2. The molecule has 4 heteroatoms. The van der Waals surface area contributed by atoms with Crippen molar-refractivity contribution in [1.29, 1.82) is 0 Å². The zero-order valence-electron chi connectivity index (χ0n) is 14.9. The van der Waals surface area contributed by atoms with Crippen molar-refractivity contribution in [3.05, 3.63) is 71.5 Å². The molecule has 1 aromatic heterocycles. The van der Waals surface area contributed by atoms with E-state index in [1.54, 1.807) is 12.4 Å². The first kappa shape index (κ1) is 16.2. The number of aromatic nitrogens is 2. The highest BCUT2D eigenvalue weighted by Gasteiger charge is 2.24. The SMILES string of the molecule is CN(Cc1cccc2nccnc12)CC1Cc2ccccc2CN1C. The Morgan fingerprint density at radius 1 is 1.04 bits per heavy atom. The molecule has 0 amide bonds. The van der Waals surface area contributed by atoms with Gasteiger partial charge in [-0.3, -0.25) is 14.9 Å². The van der Waals surface area contributed by atoms with Gasteiger partial charge < -0.3 is 4.90 Å². The van der Waals surface area contributed by atoms with Gasteiger partial charge in [0, 0.05) is 38.1 Å². The second kappa shape index (κ2) is 6.90. The summed E-state index contributed by atoms with van der Waals surface area (Å²) in [6, 6.07) is 15.6. The van der Waals surface area contributed by atoms with Gasteiger partial charge in [0.25, 0.3) is 0 Å². The minimum Gasteiger partial charge on any atom is -0.300 e. The van der Waals surface area contributed by atoms with E-state index in [0.29, 0.717) is 6.04 Å². The molecule has 0 saturated carbocycles. The maximum absolute atomic E-state index is 4.53. The van der Waals surface area contributed by atoms with Gasteiger partial charge in [0.15, 0.2) is 0 Å². The third-order valence-corrected chi connectivity index (χ3v) is 5.16. The zero-order chi connectivity index (χ0) is 17.2. The molecular formula is C21H24N4. The molecule has 0 aliphatic carbocycles. The molecule has 2 aromatic carbocycles. The molecule has 1 aliphatic rings. The van der Waals surface area contributed by atoms with Crippen LogP contribution < -0.4 is 0 Å². The maximum atomic E-state index is 4.53. The maximum Gasteiger partial charge on any atom is 0.0931 e. The van der Waals surface area contributed by atoms with E-state index < -0.39 is 0 Å². The minimum absolute atomic E-state index is 0.543. The quantitative estimate of drug-likeness (QED) is 0.735. The summed E-state index contributed by atoms with van der Waals surface area (Å²) < 4.78 is 0. The van der Waals surface area contributed by atoms with Gasteiger partial charge in [-0.05, 0) is 43.3 Å². The van der Waals surface area contributed by atoms with Crippen molar-refractivity contribution < 1.29 is 0 Å². The van der Waals surface area contributed by atoms with Crippen molar-refractivity contribution in [2.75, 3.05) is 20.6 Å². The van der Waals surface area contributed by atoms with Gasteiger partial charge >= 0.3 is 0 Å². The molecule has 0 bridgehead atoms. The molecule has 4 nitrogen and oxygen atoms in total. The van der Waals surface area contributed by atoms with E-state index in [0.717, 1.165) is 37.1 Å². The molecule has 0 N–H and O–H groups in total. The lowest BCUT2D eigenvalue weighted by atomic mass is 9.94. The van der Waals surface area contributed by atoms with Crippen molar-refractivity contribution in [2.24, 2.45) is 0 Å². The van der Waals surface area contributed by atoms with Crippen LogP contribution in [0, 0.1) is 0 Å².